The van der Waals surface area contributed by atoms with Crippen LogP contribution in [0.4, 0.5) is 10.5 Å². The molecule has 0 aliphatic heterocycles. The minimum Gasteiger partial charge on any atom is -0.395 e. The van der Waals surface area contributed by atoms with E-state index in [4.69, 9.17) is 5.11 Å². The first-order chi connectivity index (χ1) is 9.19. The zero-order chi connectivity index (χ0) is 14.1. The van der Waals surface area contributed by atoms with Gasteiger partial charge in [-0.25, -0.2) is 4.79 Å². The van der Waals surface area contributed by atoms with Crippen molar-refractivity contribution in [2.24, 2.45) is 0 Å². The Labute approximate surface area is 122 Å². The first-order valence-electron chi connectivity index (χ1n) is 6.60. The molecule has 2 N–H and O–H groups in total. The standard InChI is InChI=1S/C14H21BrN2O2/c1-2-3-6-9-17(10-11-18)14(19)16-13-8-5-4-7-12(13)15/h4-5,7-8,18H,2-3,6,9-11H2,1H3,(H,16,19). The van der Waals surface area contributed by atoms with Gasteiger partial charge < -0.3 is 15.3 Å². The van der Waals surface area contributed by atoms with Gasteiger partial charge in [0.2, 0.25) is 0 Å². The van der Waals surface area contributed by atoms with Crippen LogP contribution in [-0.4, -0.2) is 35.7 Å². The molecule has 5 heteroatoms. The van der Waals surface area contributed by atoms with Crippen LogP contribution in [0.25, 0.3) is 0 Å². The number of hydrogen-bond donors (Lipinski definition) is 2. The molecule has 0 atom stereocenters. The fourth-order valence-electron chi connectivity index (χ4n) is 1.75. The van der Waals surface area contributed by atoms with Crippen LogP contribution >= 0.6 is 15.9 Å². The van der Waals surface area contributed by atoms with Crippen LogP contribution in [0.3, 0.4) is 0 Å². The van der Waals surface area contributed by atoms with Crippen molar-refractivity contribution in [1.82, 2.24) is 4.90 Å². The fraction of sp³-hybridized carbons (Fsp3) is 0.500. The van der Waals surface area contributed by atoms with Crippen molar-refractivity contribution in [2.45, 2.75) is 26.2 Å². The second-order valence-corrected chi connectivity index (χ2v) is 5.18. The van der Waals surface area contributed by atoms with Gasteiger partial charge >= 0.3 is 6.03 Å². The van der Waals surface area contributed by atoms with Crippen LogP contribution in [0.1, 0.15) is 26.2 Å². The minimum absolute atomic E-state index is 0.0183. The molecular formula is C14H21BrN2O2. The summed E-state index contributed by atoms with van der Waals surface area (Å²) in [6.07, 6.45) is 3.16. The van der Waals surface area contributed by atoms with Gasteiger partial charge in [0.1, 0.15) is 0 Å². The molecule has 0 aromatic heterocycles. The highest BCUT2D eigenvalue weighted by atomic mass is 79.9. The molecule has 0 bridgehead atoms. The lowest BCUT2D eigenvalue weighted by molar-refractivity contribution is 0.187. The van der Waals surface area contributed by atoms with Crippen LogP contribution in [0.15, 0.2) is 28.7 Å². The Morgan fingerprint density at radius 1 is 1.32 bits per heavy atom. The van der Waals surface area contributed by atoms with Crippen molar-refractivity contribution >= 4 is 27.6 Å². The van der Waals surface area contributed by atoms with Crippen molar-refractivity contribution in [1.29, 1.82) is 0 Å². The SMILES string of the molecule is CCCCCN(CCO)C(=O)Nc1ccccc1Br. The maximum Gasteiger partial charge on any atom is 0.321 e. The van der Waals surface area contributed by atoms with Crippen LogP contribution in [0.5, 0.6) is 0 Å². The van der Waals surface area contributed by atoms with E-state index in [0.717, 1.165) is 29.4 Å². The molecule has 19 heavy (non-hydrogen) atoms. The molecule has 0 aliphatic rings. The Kier molecular flexibility index (Phi) is 7.52. The van der Waals surface area contributed by atoms with Gasteiger partial charge in [-0.3, -0.25) is 0 Å². The van der Waals surface area contributed by atoms with Crippen LogP contribution in [0, 0.1) is 0 Å². The predicted molar refractivity (Wildman–Crippen MR) is 81.3 cm³/mol. The quantitative estimate of drug-likeness (QED) is 0.753. The van der Waals surface area contributed by atoms with E-state index in [-0.39, 0.29) is 12.6 Å². The highest BCUT2D eigenvalue weighted by Gasteiger charge is 2.13. The molecule has 0 aliphatic carbocycles. The van der Waals surface area contributed by atoms with E-state index >= 15 is 0 Å². The van der Waals surface area contributed by atoms with Gasteiger partial charge in [0, 0.05) is 17.6 Å². The first-order valence-corrected chi connectivity index (χ1v) is 7.39. The molecule has 0 heterocycles. The molecule has 0 saturated heterocycles. The summed E-state index contributed by atoms with van der Waals surface area (Å²) in [6, 6.07) is 7.31. The van der Waals surface area contributed by atoms with E-state index in [0.29, 0.717) is 13.1 Å². The highest BCUT2D eigenvalue weighted by molar-refractivity contribution is 9.10. The summed E-state index contributed by atoms with van der Waals surface area (Å²) >= 11 is 3.39. The monoisotopic (exact) mass is 328 g/mol. The Hall–Kier alpha value is -1.07. The fourth-order valence-corrected chi connectivity index (χ4v) is 2.13. The third-order valence-electron chi connectivity index (χ3n) is 2.80. The number of amides is 2. The minimum atomic E-state index is -0.169. The second kappa shape index (κ2) is 8.93. The summed E-state index contributed by atoms with van der Waals surface area (Å²) in [5, 5.41) is 11.9. The third-order valence-corrected chi connectivity index (χ3v) is 3.50. The number of carbonyl (C=O) groups is 1. The average Bonchev–Trinajstić information content (AvgIpc) is 2.40. The van der Waals surface area contributed by atoms with E-state index in [1.807, 2.05) is 24.3 Å². The lowest BCUT2D eigenvalue weighted by atomic mass is 10.2. The molecule has 1 aromatic rings. The molecule has 4 nitrogen and oxygen atoms in total. The molecule has 1 rings (SSSR count). The predicted octanol–water partition coefficient (Wildman–Crippen LogP) is 3.47. The molecule has 0 radical (unpaired) electrons. The zero-order valence-corrected chi connectivity index (χ0v) is 12.8. The van der Waals surface area contributed by atoms with Gasteiger partial charge in [-0.1, -0.05) is 31.9 Å². The van der Waals surface area contributed by atoms with E-state index in [1.54, 1.807) is 4.90 Å². The molecular weight excluding hydrogens is 308 g/mol. The number of urea groups is 1. The summed E-state index contributed by atoms with van der Waals surface area (Å²) in [5.74, 6) is 0. The number of benzene rings is 1. The number of aliphatic hydroxyl groups is 1. The molecule has 106 valence electrons. The maximum absolute atomic E-state index is 12.1. The molecule has 1 aromatic carbocycles. The Balaban J connectivity index is 2.58. The van der Waals surface area contributed by atoms with Crippen molar-refractivity contribution in [3.63, 3.8) is 0 Å². The van der Waals surface area contributed by atoms with Crippen LogP contribution < -0.4 is 5.32 Å². The number of carbonyl (C=O) groups excluding carboxylic acids is 1. The number of nitrogens with one attached hydrogen (secondary N) is 1. The van der Waals surface area contributed by atoms with E-state index in [2.05, 4.69) is 28.2 Å². The third kappa shape index (κ3) is 5.61. The summed E-state index contributed by atoms with van der Waals surface area (Å²) < 4.78 is 0.848. The van der Waals surface area contributed by atoms with Crippen molar-refractivity contribution in [3.8, 4) is 0 Å². The number of anilines is 1. The van der Waals surface area contributed by atoms with Gasteiger partial charge in [0.15, 0.2) is 0 Å². The summed E-state index contributed by atoms with van der Waals surface area (Å²) in [4.78, 5) is 13.8. The lowest BCUT2D eigenvalue weighted by Gasteiger charge is -2.22. The molecule has 0 saturated carbocycles. The molecule has 0 spiro atoms. The highest BCUT2D eigenvalue weighted by Crippen LogP contribution is 2.21. The number of hydrogen-bond acceptors (Lipinski definition) is 2. The van der Waals surface area contributed by atoms with Crippen LogP contribution in [-0.2, 0) is 0 Å². The summed E-state index contributed by atoms with van der Waals surface area (Å²) in [7, 11) is 0. The normalized spacial score (nSPS) is 10.3. The van der Waals surface area contributed by atoms with Crippen molar-refractivity contribution in [3.05, 3.63) is 28.7 Å². The second-order valence-electron chi connectivity index (χ2n) is 4.33. The Bertz CT molecular complexity index is 399. The largest absolute Gasteiger partial charge is 0.395 e. The molecule has 0 unspecified atom stereocenters. The number of aliphatic hydroxyl groups excluding tert-OH is 1. The van der Waals surface area contributed by atoms with Gasteiger partial charge in [-0.2, -0.15) is 0 Å². The lowest BCUT2D eigenvalue weighted by Crippen LogP contribution is -2.37. The average molecular weight is 329 g/mol. The Morgan fingerprint density at radius 3 is 2.68 bits per heavy atom. The number of para-hydroxylation sites is 1. The number of rotatable bonds is 7. The number of halogens is 1. The number of unbranched alkanes of at least 4 members (excludes halogenated alkanes) is 2. The summed E-state index contributed by atoms with van der Waals surface area (Å²) in [6.45, 7) is 3.14. The first kappa shape index (κ1) is 16.0. The summed E-state index contributed by atoms with van der Waals surface area (Å²) in [5.41, 5.74) is 0.742. The van der Waals surface area contributed by atoms with Crippen LogP contribution in [0.2, 0.25) is 0 Å². The van der Waals surface area contributed by atoms with Gasteiger partial charge in [-0.15, -0.1) is 0 Å². The maximum atomic E-state index is 12.1. The smallest absolute Gasteiger partial charge is 0.321 e. The topological polar surface area (TPSA) is 52.6 Å². The molecule has 2 amide bonds. The van der Waals surface area contributed by atoms with E-state index in [9.17, 15) is 4.79 Å². The van der Waals surface area contributed by atoms with Crippen molar-refractivity contribution < 1.29 is 9.90 Å². The van der Waals surface area contributed by atoms with Gasteiger partial charge in [0.05, 0.1) is 12.3 Å². The van der Waals surface area contributed by atoms with E-state index in [1.165, 1.54) is 0 Å². The zero-order valence-electron chi connectivity index (χ0n) is 11.2. The van der Waals surface area contributed by atoms with Gasteiger partial charge in [-0.05, 0) is 34.5 Å². The number of nitrogens with zero attached hydrogens (tertiary/aromatic N) is 1. The van der Waals surface area contributed by atoms with Crippen molar-refractivity contribution in [2.75, 3.05) is 25.0 Å². The van der Waals surface area contributed by atoms with Gasteiger partial charge in [0.25, 0.3) is 0 Å². The van der Waals surface area contributed by atoms with E-state index < -0.39 is 0 Å². The molecule has 0 fully saturated rings. The Morgan fingerprint density at radius 2 is 2.05 bits per heavy atom.